The Labute approximate surface area is 203 Å². The van der Waals surface area contributed by atoms with Gasteiger partial charge in [0.2, 0.25) is 0 Å². The summed E-state index contributed by atoms with van der Waals surface area (Å²) in [7, 11) is 0. The molecule has 4 rings (SSSR count). The number of hydrogen-bond acceptors (Lipinski definition) is 7. The van der Waals surface area contributed by atoms with E-state index in [0.717, 1.165) is 11.1 Å². The summed E-state index contributed by atoms with van der Waals surface area (Å²) >= 11 is 0. The van der Waals surface area contributed by atoms with E-state index < -0.39 is 11.5 Å². The molecule has 1 atom stereocenters. The van der Waals surface area contributed by atoms with E-state index in [2.05, 4.69) is 19.9 Å². The lowest BCUT2D eigenvalue weighted by molar-refractivity contribution is -0.155. The molecular weight excluding hydrogens is 447 g/mol. The maximum absolute atomic E-state index is 13.5. The van der Waals surface area contributed by atoms with Crippen molar-refractivity contribution < 1.29 is 18.7 Å². The van der Waals surface area contributed by atoms with E-state index in [1.54, 1.807) is 55.0 Å². The number of benzene rings is 2. The topological polar surface area (TPSA) is 87.1 Å². The second kappa shape index (κ2) is 10.4. The first kappa shape index (κ1) is 23.9. The van der Waals surface area contributed by atoms with Crippen molar-refractivity contribution in [2.45, 2.75) is 38.7 Å². The Hall–Kier alpha value is -4.20. The van der Waals surface area contributed by atoms with Crippen LogP contribution in [0.5, 0.6) is 11.8 Å². The van der Waals surface area contributed by atoms with Crippen LogP contribution in [0.1, 0.15) is 44.4 Å². The summed E-state index contributed by atoms with van der Waals surface area (Å²) in [5.74, 6) is -0.0604. The molecule has 0 spiro atoms. The van der Waals surface area contributed by atoms with Crippen LogP contribution in [-0.2, 0) is 9.53 Å². The Bertz CT molecular complexity index is 1270. The molecule has 2 heterocycles. The Morgan fingerprint density at radius 2 is 1.60 bits per heavy atom. The second-order valence-corrected chi connectivity index (χ2v) is 8.86. The van der Waals surface area contributed by atoms with Crippen LogP contribution < -0.4 is 4.74 Å². The molecule has 1 unspecified atom stereocenters. The summed E-state index contributed by atoms with van der Waals surface area (Å²) in [5, 5.41) is 0. The molecule has 2 aromatic carbocycles. The van der Waals surface area contributed by atoms with Crippen molar-refractivity contribution in [3.63, 3.8) is 0 Å². The van der Waals surface area contributed by atoms with Crippen LogP contribution in [-0.4, -0.2) is 31.5 Å². The fourth-order valence-corrected chi connectivity index (χ4v) is 3.46. The first-order valence-corrected chi connectivity index (χ1v) is 11.1. The Morgan fingerprint density at radius 3 is 2.26 bits per heavy atom. The molecule has 2 aromatic heterocycles. The first-order chi connectivity index (χ1) is 16.8. The van der Waals surface area contributed by atoms with Crippen LogP contribution in [0.2, 0.25) is 0 Å². The zero-order valence-electron chi connectivity index (χ0n) is 19.7. The lowest BCUT2D eigenvalue weighted by atomic mass is 9.92. The summed E-state index contributed by atoms with van der Waals surface area (Å²) < 4.78 is 24.9. The third-order valence-electron chi connectivity index (χ3n) is 4.96. The molecule has 0 aliphatic rings. The molecule has 0 aliphatic carbocycles. The highest BCUT2D eigenvalue weighted by atomic mass is 19.1. The van der Waals surface area contributed by atoms with Crippen molar-refractivity contribution in [2.75, 3.05) is 0 Å². The van der Waals surface area contributed by atoms with Gasteiger partial charge in [-0.25, -0.2) is 19.3 Å². The molecule has 4 aromatic rings. The Kier molecular flexibility index (Phi) is 7.10. The third-order valence-corrected chi connectivity index (χ3v) is 4.96. The summed E-state index contributed by atoms with van der Waals surface area (Å²) in [6.07, 6.45) is 4.96. The van der Waals surface area contributed by atoms with E-state index in [4.69, 9.17) is 9.47 Å². The highest BCUT2D eigenvalue weighted by Crippen LogP contribution is 2.30. The molecule has 0 bridgehead atoms. The van der Waals surface area contributed by atoms with Crippen LogP contribution in [0.4, 0.5) is 4.39 Å². The predicted octanol–water partition coefficient (Wildman–Crippen LogP) is 5.73. The van der Waals surface area contributed by atoms with Gasteiger partial charge in [-0.1, -0.05) is 12.1 Å². The number of carbonyl (C=O) groups excluding carboxylic acids is 1. The number of carbonyl (C=O) groups is 1. The largest absolute Gasteiger partial charge is 0.460 e. The van der Waals surface area contributed by atoms with E-state index in [9.17, 15) is 9.18 Å². The van der Waals surface area contributed by atoms with Gasteiger partial charge in [-0.2, -0.15) is 4.98 Å². The van der Waals surface area contributed by atoms with Crippen molar-refractivity contribution in [1.82, 2.24) is 19.9 Å². The number of halogens is 1. The quantitative estimate of drug-likeness (QED) is 0.318. The van der Waals surface area contributed by atoms with Gasteiger partial charge in [-0.3, -0.25) is 4.79 Å². The monoisotopic (exact) mass is 472 g/mol. The van der Waals surface area contributed by atoms with Gasteiger partial charge in [0, 0.05) is 30.1 Å². The molecule has 35 heavy (non-hydrogen) atoms. The van der Waals surface area contributed by atoms with Crippen molar-refractivity contribution in [3.8, 4) is 23.1 Å². The molecular formula is C27H25FN4O3. The third kappa shape index (κ3) is 6.66. The van der Waals surface area contributed by atoms with Gasteiger partial charge in [-0.05, 0) is 74.9 Å². The Morgan fingerprint density at radius 1 is 0.914 bits per heavy atom. The number of ether oxygens (including phenoxy) is 2. The molecule has 0 aliphatic heterocycles. The minimum absolute atomic E-state index is 0.0329. The Balaban J connectivity index is 1.57. The molecule has 0 saturated heterocycles. The van der Waals surface area contributed by atoms with E-state index >= 15 is 0 Å². The van der Waals surface area contributed by atoms with E-state index in [1.807, 2.05) is 32.9 Å². The van der Waals surface area contributed by atoms with Crippen molar-refractivity contribution in [3.05, 3.63) is 96.3 Å². The summed E-state index contributed by atoms with van der Waals surface area (Å²) in [5.41, 5.74) is 1.51. The lowest BCUT2D eigenvalue weighted by Gasteiger charge is -2.22. The number of esters is 1. The standard InChI is InChI=1S/C27H25FN4O3/c1-27(2,3)35-24(33)17-22(18-5-9-20(28)10-6-18)23-13-16-31-26(32-23)34-21-11-7-19(8-12-21)25-29-14-4-15-30-25/h4-16,22H,17H2,1-3H3. The summed E-state index contributed by atoms with van der Waals surface area (Å²) in [6.45, 7) is 5.43. The van der Waals surface area contributed by atoms with Gasteiger partial charge >= 0.3 is 12.0 Å². The molecule has 0 N–H and O–H groups in total. The van der Waals surface area contributed by atoms with Gasteiger partial charge in [0.25, 0.3) is 0 Å². The van der Waals surface area contributed by atoms with Crippen LogP contribution >= 0.6 is 0 Å². The fourth-order valence-electron chi connectivity index (χ4n) is 3.46. The molecule has 0 saturated carbocycles. The molecule has 8 heteroatoms. The van der Waals surface area contributed by atoms with Gasteiger partial charge in [0.1, 0.15) is 17.2 Å². The van der Waals surface area contributed by atoms with Crippen LogP contribution in [0.25, 0.3) is 11.4 Å². The highest BCUT2D eigenvalue weighted by Gasteiger charge is 2.24. The molecule has 7 nitrogen and oxygen atoms in total. The smallest absolute Gasteiger partial charge is 0.322 e. The van der Waals surface area contributed by atoms with Crippen molar-refractivity contribution in [2.24, 2.45) is 0 Å². The minimum atomic E-state index is -0.624. The lowest BCUT2D eigenvalue weighted by Crippen LogP contribution is -2.25. The van der Waals surface area contributed by atoms with Gasteiger partial charge in [0.15, 0.2) is 5.82 Å². The molecule has 178 valence electrons. The first-order valence-electron chi connectivity index (χ1n) is 11.1. The van der Waals surface area contributed by atoms with Crippen molar-refractivity contribution in [1.29, 1.82) is 0 Å². The van der Waals surface area contributed by atoms with Gasteiger partial charge in [0.05, 0.1) is 12.1 Å². The van der Waals surface area contributed by atoms with Crippen LogP contribution in [0.15, 0.2) is 79.3 Å². The second-order valence-electron chi connectivity index (χ2n) is 8.86. The zero-order valence-corrected chi connectivity index (χ0v) is 19.7. The number of hydrogen-bond donors (Lipinski definition) is 0. The van der Waals surface area contributed by atoms with Crippen LogP contribution in [0, 0.1) is 5.82 Å². The SMILES string of the molecule is CC(C)(C)OC(=O)CC(c1ccc(F)cc1)c1ccnc(Oc2ccc(-c3ncccn3)cc2)n1. The molecule has 0 radical (unpaired) electrons. The highest BCUT2D eigenvalue weighted by molar-refractivity contribution is 5.71. The summed E-state index contributed by atoms with van der Waals surface area (Å²) in [6, 6.07) is 16.8. The van der Waals surface area contributed by atoms with Crippen LogP contribution in [0.3, 0.4) is 0 Å². The normalized spacial score (nSPS) is 12.1. The molecule has 0 amide bonds. The number of rotatable bonds is 7. The van der Waals surface area contributed by atoms with E-state index in [0.29, 0.717) is 17.3 Å². The average molecular weight is 473 g/mol. The summed E-state index contributed by atoms with van der Waals surface area (Å²) in [4.78, 5) is 29.8. The number of aromatic nitrogens is 4. The predicted molar refractivity (Wildman–Crippen MR) is 128 cm³/mol. The zero-order chi connectivity index (χ0) is 24.8. The minimum Gasteiger partial charge on any atom is -0.460 e. The van der Waals surface area contributed by atoms with Gasteiger partial charge < -0.3 is 9.47 Å². The van der Waals surface area contributed by atoms with E-state index in [-0.39, 0.29) is 24.2 Å². The number of nitrogens with zero attached hydrogens (tertiary/aromatic N) is 4. The van der Waals surface area contributed by atoms with Gasteiger partial charge in [-0.15, -0.1) is 0 Å². The van der Waals surface area contributed by atoms with E-state index in [1.165, 1.54) is 12.1 Å². The molecule has 0 fully saturated rings. The fraction of sp³-hybridized carbons (Fsp3) is 0.222. The maximum Gasteiger partial charge on any atom is 0.322 e. The van der Waals surface area contributed by atoms with Crippen molar-refractivity contribution >= 4 is 5.97 Å². The average Bonchev–Trinajstić information content (AvgIpc) is 2.83. The maximum atomic E-state index is 13.5.